The van der Waals surface area contributed by atoms with Crippen LogP contribution in [0.3, 0.4) is 0 Å². The average Bonchev–Trinajstić information content (AvgIpc) is 3.16. The van der Waals surface area contributed by atoms with Gasteiger partial charge in [-0.3, -0.25) is 9.59 Å². The van der Waals surface area contributed by atoms with Crippen LogP contribution in [0.4, 0.5) is 5.69 Å². The van der Waals surface area contributed by atoms with Crippen LogP contribution in [0.5, 0.6) is 11.5 Å². The van der Waals surface area contributed by atoms with Crippen molar-refractivity contribution in [2.75, 3.05) is 25.3 Å². The Bertz CT molecular complexity index is 927. The Morgan fingerprint density at radius 1 is 1.10 bits per heavy atom. The van der Waals surface area contributed by atoms with Crippen LogP contribution in [0.25, 0.3) is 0 Å². The maximum absolute atomic E-state index is 12.5. The number of fused-ring (bicyclic) bond motifs is 1. The Kier molecular flexibility index (Phi) is 6.33. The van der Waals surface area contributed by atoms with E-state index in [0.717, 1.165) is 5.56 Å². The number of nitrogens with zero attached hydrogens (tertiary/aromatic N) is 1. The van der Waals surface area contributed by atoms with Crippen molar-refractivity contribution < 1.29 is 28.6 Å². The second-order valence-corrected chi connectivity index (χ2v) is 6.38. The van der Waals surface area contributed by atoms with Gasteiger partial charge in [-0.15, -0.1) is 0 Å². The highest BCUT2D eigenvalue weighted by molar-refractivity contribution is 6.02. The molecule has 152 valence electrons. The SMILES string of the molecule is CCOC(=O)c1ccccc1NC(=O)CN(Cc1ccc2c(c1)OCO2)C(C)=O. The van der Waals surface area contributed by atoms with Gasteiger partial charge in [-0.2, -0.15) is 0 Å². The van der Waals surface area contributed by atoms with Crippen LogP contribution >= 0.6 is 0 Å². The third kappa shape index (κ3) is 5.04. The zero-order chi connectivity index (χ0) is 20.8. The van der Waals surface area contributed by atoms with E-state index < -0.39 is 11.9 Å². The van der Waals surface area contributed by atoms with Crippen molar-refractivity contribution in [2.45, 2.75) is 20.4 Å². The number of hydrogen-bond acceptors (Lipinski definition) is 6. The largest absolute Gasteiger partial charge is 0.462 e. The molecule has 0 aliphatic carbocycles. The van der Waals surface area contributed by atoms with Crippen molar-refractivity contribution in [3.05, 3.63) is 53.6 Å². The third-order valence-corrected chi connectivity index (χ3v) is 4.29. The molecule has 29 heavy (non-hydrogen) atoms. The van der Waals surface area contributed by atoms with Gasteiger partial charge in [-0.25, -0.2) is 4.79 Å². The monoisotopic (exact) mass is 398 g/mol. The molecule has 1 heterocycles. The first-order valence-electron chi connectivity index (χ1n) is 9.18. The molecule has 2 aromatic rings. The number of nitrogens with one attached hydrogen (secondary N) is 1. The summed E-state index contributed by atoms with van der Waals surface area (Å²) >= 11 is 0. The van der Waals surface area contributed by atoms with E-state index in [4.69, 9.17) is 14.2 Å². The van der Waals surface area contributed by atoms with Gasteiger partial charge in [0, 0.05) is 13.5 Å². The van der Waals surface area contributed by atoms with Gasteiger partial charge >= 0.3 is 5.97 Å². The molecule has 3 rings (SSSR count). The maximum Gasteiger partial charge on any atom is 0.340 e. The number of amides is 2. The Hall–Kier alpha value is -3.55. The third-order valence-electron chi connectivity index (χ3n) is 4.29. The second kappa shape index (κ2) is 9.09. The number of esters is 1. The van der Waals surface area contributed by atoms with Gasteiger partial charge < -0.3 is 24.4 Å². The molecule has 0 saturated heterocycles. The van der Waals surface area contributed by atoms with Crippen molar-refractivity contribution in [1.82, 2.24) is 4.90 Å². The van der Waals surface area contributed by atoms with Crippen LogP contribution in [0.15, 0.2) is 42.5 Å². The molecule has 0 aromatic heterocycles. The highest BCUT2D eigenvalue weighted by Crippen LogP contribution is 2.32. The molecule has 2 amide bonds. The zero-order valence-corrected chi connectivity index (χ0v) is 16.3. The number of carbonyl (C=O) groups excluding carboxylic acids is 3. The minimum atomic E-state index is -0.521. The summed E-state index contributed by atoms with van der Waals surface area (Å²) in [6.07, 6.45) is 0. The first kappa shape index (κ1) is 20.2. The van der Waals surface area contributed by atoms with Crippen molar-refractivity contribution in [2.24, 2.45) is 0 Å². The second-order valence-electron chi connectivity index (χ2n) is 6.38. The lowest BCUT2D eigenvalue weighted by Gasteiger charge is -2.21. The molecule has 0 saturated carbocycles. The fourth-order valence-corrected chi connectivity index (χ4v) is 2.88. The number of carbonyl (C=O) groups is 3. The Labute approximate surface area is 168 Å². The lowest BCUT2D eigenvalue weighted by Crippen LogP contribution is -2.36. The molecule has 0 unspecified atom stereocenters. The number of anilines is 1. The first-order valence-corrected chi connectivity index (χ1v) is 9.18. The minimum absolute atomic E-state index is 0.164. The van der Waals surface area contributed by atoms with E-state index >= 15 is 0 Å². The molecule has 1 N–H and O–H groups in total. The molecule has 0 atom stereocenters. The van der Waals surface area contributed by atoms with Crippen molar-refractivity contribution in [3.8, 4) is 11.5 Å². The Morgan fingerprint density at radius 2 is 1.86 bits per heavy atom. The summed E-state index contributed by atoms with van der Waals surface area (Å²) in [5, 5.41) is 2.68. The molecule has 8 nitrogen and oxygen atoms in total. The van der Waals surface area contributed by atoms with Crippen LogP contribution in [-0.4, -0.2) is 42.6 Å². The van der Waals surface area contributed by atoms with Gasteiger partial charge in [0.2, 0.25) is 18.6 Å². The topological polar surface area (TPSA) is 94.2 Å². The average molecular weight is 398 g/mol. The molecule has 2 aromatic carbocycles. The maximum atomic E-state index is 12.5. The minimum Gasteiger partial charge on any atom is -0.462 e. The lowest BCUT2D eigenvalue weighted by molar-refractivity contribution is -0.133. The smallest absolute Gasteiger partial charge is 0.340 e. The van der Waals surface area contributed by atoms with Crippen molar-refractivity contribution in [1.29, 1.82) is 0 Å². The van der Waals surface area contributed by atoms with Crippen molar-refractivity contribution in [3.63, 3.8) is 0 Å². The number of hydrogen-bond donors (Lipinski definition) is 1. The number of ether oxygens (including phenoxy) is 3. The van der Waals surface area contributed by atoms with Gasteiger partial charge in [0.05, 0.1) is 17.9 Å². The van der Waals surface area contributed by atoms with E-state index in [1.54, 1.807) is 43.3 Å². The quantitative estimate of drug-likeness (QED) is 0.721. The van der Waals surface area contributed by atoms with E-state index in [0.29, 0.717) is 17.2 Å². The van der Waals surface area contributed by atoms with Gasteiger partial charge in [0.25, 0.3) is 0 Å². The molecule has 0 bridgehead atoms. The summed E-state index contributed by atoms with van der Waals surface area (Å²) in [4.78, 5) is 38.0. The first-order chi connectivity index (χ1) is 14.0. The van der Waals surface area contributed by atoms with Crippen LogP contribution < -0.4 is 14.8 Å². The van der Waals surface area contributed by atoms with Gasteiger partial charge in [0.1, 0.15) is 6.54 Å². The summed E-state index contributed by atoms with van der Waals surface area (Å²) in [5.74, 6) is 0.0663. The molecule has 8 heteroatoms. The summed E-state index contributed by atoms with van der Waals surface area (Å²) < 4.78 is 15.6. The molecule has 1 aliphatic rings. The van der Waals surface area contributed by atoms with E-state index in [1.807, 2.05) is 6.07 Å². The summed E-state index contributed by atoms with van der Waals surface area (Å²) in [6, 6.07) is 11.9. The predicted molar refractivity (Wildman–Crippen MR) is 105 cm³/mol. The number of benzene rings is 2. The zero-order valence-electron chi connectivity index (χ0n) is 16.3. The highest BCUT2D eigenvalue weighted by Gasteiger charge is 2.19. The molecule has 0 spiro atoms. The predicted octanol–water partition coefficient (Wildman–Crippen LogP) is 2.58. The van der Waals surface area contributed by atoms with Gasteiger partial charge in [0.15, 0.2) is 11.5 Å². The fraction of sp³-hybridized carbons (Fsp3) is 0.286. The molecule has 0 fully saturated rings. The molecule has 1 aliphatic heterocycles. The van der Waals surface area contributed by atoms with Gasteiger partial charge in [-0.1, -0.05) is 18.2 Å². The summed E-state index contributed by atoms with van der Waals surface area (Å²) in [7, 11) is 0. The Morgan fingerprint density at radius 3 is 2.62 bits per heavy atom. The standard InChI is InChI=1S/C21H22N2O6/c1-3-27-21(26)16-6-4-5-7-17(16)22-20(25)12-23(14(2)24)11-15-8-9-18-19(10-15)29-13-28-18/h4-10H,3,11-13H2,1-2H3,(H,22,25). The van der Waals surface area contributed by atoms with E-state index in [9.17, 15) is 14.4 Å². The summed E-state index contributed by atoms with van der Waals surface area (Å²) in [6.45, 7) is 3.57. The highest BCUT2D eigenvalue weighted by atomic mass is 16.7. The fourth-order valence-electron chi connectivity index (χ4n) is 2.88. The van der Waals surface area contributed by atoms with E-state index in [1.165, 1.54) is 11.8 Å². The molecular formula is C21H22N2O6. The molecular weight excluding hydrogens is 376 g/mol. The van der Waals surface area contributed by atoms with Crippen LogP contribution in [0.1, 0.15) is 29.8 Å². The van der Waals surface area contributed by atoms with Gasteiger partial charge in [-0.05, 0) is 36.8 Å². The van der Waals surface area contributed by atoms with Crippen LogP contribution in [0.2, 0.25) is 0 Å². The summed E-state index contributed by atoms with van der Waals surface area (Å²) in [5.41, 5.74) is 1.40. The Balaban J connectivity index is 1.68. The number of rotatable bonds is 7. The number of para-hydroxylation sites is 1. The molecule has 0 radical (unpaired) electrons. The van der Waals surface area contributed by atoms with Crippen LogP contribution in [0, 0.1) is 0 Å². The normalized spacial score (nSPS) is 11.7. The lowest BCUT2D eigenvalue weighted by atomic mass is 10.1. The van der Waals surface area contributed by atoms with Crippen LogP contribution in [-0.2, 0) is 20.9 Å². The van der Waals surface area contributed by atoms with E-state index in [2.05, 4.69) is 5.32 Å². The van der Waals surface area contributed by atoms with E-state index in [-0.39, 0.29) is 38.0 Å². The van der Waals surface area contributed by atoms with Crippen molar-refractivity contribution >= 4 is 23.5 Å².